The molecule has 0 saturated carbocycles. The van der Waals surface area contributed by atoms with Crippen LogP contribution in [-0.4, -0.2) is 34.7 Å². The molecule has 1 unspecified atom stereocenters. The number of halogens is 1. The maximum absolute atomic E-state index is 14.2. The van der Waals surface area contributed by atoms with Gasteiger partial charge in [0, 0.05) is 30.1 Å². The molecule has 1 aliphatic rings. The number of ether oxygens (including phenoxy) is 1. The summed E-state index contributed by atoms with van der Waals surface area (Å²) in [6.07, 6.45) is 2.62. The van der Waals surface area contributed by atoms with Crippen LogP contribution in [0.4, 0.5) is 20.6 Å². The molecule has 1 aromatic heterocycles. The monoisotopic (exact) mass is 467 g/mol. The highest BCUT2D eigenvalue weighted by atomic mass is 19.1. The molecule has 0 radical (unpaired) electrons. The fourth-order valence-corrected chi connectivity index (χ4v) is 4.00. The van der Waals surface area contributed by atoms with Crippen LogP contribution >= 0.6 is 0 Å². The van der Waals surface area contributed by atoms with E-state index in [2.05, 4.69) is 32.0 Å². The number of nitrogens with zero attached hydrogens (tertiary/aromatic N) is 3. The zero-order chi connectivity index (χ0) is 24.2. The molecule has 10 heteroatoms. The lowest BCUT2D eigenvalue weighted by atomic mass is 10.0. The van der Waals surface area contributed by atoms with Crippen LogP contribution in [0.2, 0.25) is 0 Å². The number of anilines is 2. The summed E-state index contributed by atoms with van der Waals surface area (Å²) in [7, 11) is 0. The van der Waals surface area contributed by atoms with Gasteiger partial charge in [-0.15, -0.1) is 0 Å². The first-order valence-electron chi connectivity index (χ1n) is 11.2. The lowest BCUT2D eigenvalue weighted by Gasteiger charge is -2.36. The lowest BCUT2D eigenvalue weighted by Crippen LogP contribution is -2.38. The number of carbonyl (C=O) groups excluding carboxylic acids is 2. The van der Waals surface area contributed by atoms with Gasteiger partial charge in [-0.3, -0.25) is 4.79 Å². The van der Waals surface area contributed by atoms with E-state index in [0.29, 0.717) is 29.3 Å². The number of amides is 2. The van der Waals surface area contributed by atoms with Crippen molar-refractivity contribution in [1.29, 1.82) is 0 Å². The van der Waals surface area contributed by atoms with Crippen molar-refractivity contribution in [3.8, 4) is 28.6 Å². The third-order valence-electron chi connectivity index (χ3n) is 5.78. The molecule has 34 heavy (non-hydrogen) atoms. The van der Waals surface area contributed by atoms with Crippen LogP contribution < -0.4 is 20.7 Å². The summed E-state index contributed by atoms with van der Waals surface area (Å²) in [6, 6.07) is 9.86. The minimum atomic E-state index is -1.11. The maximum atomic E-state index is 14.2. The summed E-state index contributed by atoms with van der Waals surface area (Å²) in [4.78, 5) is 29.7. The average molecular weight is 468 g/mol. The molecule has 1 atom stereocenters. The van der Waals surface area contributed by atoms with E-state index in [1.807, 2.05) is 18.2 Å². The Labute approximate surface area is 196 Å². The molecule has 3 N–H and O–H groups in total. The van der Waals surface area contributed by atoms with Gasteiger partial charge in [0.2, 0.25) is 11.7 Å². The molecule has 9 nitrogen and oxygen atoms in total. The first-order valence-corrected chi connectivity index (χ1v) is 11.2. The van der Waals surface area contributed by atoms with Crippen LogP contribution in [0.1, 0.15) is 39.5 Å². The normalized spacial score (nSPS) is 15.7. The molecule has 4 rings (SSSR count). The van der Waals surface area contributed by atoms with Crippen molar-refractivity contribution in [2.75, 3.05) is 16.8 Å². The van der Waals surface area contributed by atoms with Crippen molar-refractivity contribution in [1.82, 2.24) is 10.1 Å². The molecule has 1 aliphatic heterocycles. The number of benzene rings is 2. The second kappa shape index (κ2) is 9.90. The van der Waals surface area contributed by atoms with E-state index in [-0.39, 0.29) is 23.4 Å². The van der Waals surface area contributed by atoms with Crippen molar-refractivity contribution in [3.63, 3.8) is 0 Å². The van der Waals surface area contributed by atoms with Gasteiger partial charge in [0.05, 0.1) is 11.4 Å². The van der Waals surface area contributed by atoms with Gasteiger partial charge in [0.25, 0.3) is 5.89 Å². The first-order chi connectivity index (χ1) is 16.4. The molecule has 2 amide bonds. The summed E-state index contributed by atoms with van der Waals surface area (Å²) in [6.45, 7) is 4.90. The van der Waals surface area contributed by atoms with Crippen molar-refractivity contribution in [3.05, 3.63) is 42.2 Å². The van der Waals surface area contributed by atoms with Gasteiger partial charge in [0.1, 0.15) is 0 Å². The van der Waals surface area contributed by atoms with Crippen molar-refractivity contribution in [2.24, 2.45) is 5.73 Å². The fourth-order valence-electron chi connectivity index (χ4n) is 4.00. The summed E-state index contributed by atoms with van der Waals surface area (Å²) in [5, 5.41) is 6.93. The number of hydrogen-bond donors (Lipinski definition) is 2. The number of rotatable bonds is 6. The van der Waals surface area contributed by atoms with Crippen LogP contribution in [0.25, 0.3) is 22.8 Å². The Hall–Kier alpha value is -3.95. The summed E-state index contributed by atoms with van der Waals surface area (Å²) in [5.41, 5.74) is 7.51. The Morgan fingerprint density at radius 2 is 2.03 bits per heavy atom. The van der Waals surface area contributed by atoms with Gasteiger partial charge in [-0.2, -0.15) is 4.98 Å². The highest BCUT2D eigenvalue weighted by Gasteiger charge is 2.23. The summed E-state index contributed by atoms with van der Waals surface area (Å²) >= 11 is 0. The predicted molar refractivity (Wildman–Crippen MR) is 125 cm³/mol. The molecule has 1 fully saturated rings. The number of aromatic nitrogens is 2. The minimum absolute atomic E-state index is 0.0944. The number of piperidine rings is 1. The van der Waals surface area contributed by atoms with Crippen molar-refractivity contribution < 1.29 is 23.2 Å². The number of primary amides is 1. The highest BCUT2D eigenvalue weighted by molar-refractivity contribution is 5.95. The second-order valence-electron chi connectivity index (χ2n) is 8.16. The van der Waals surface area contributed by atoms with Crippen molar-refractivity contribution in [2.45, 2.75) is 45.6 Å². The number of nitrogens with one attached hydrogen (secondary N) is 1. The van der Waals surface area contributed by atoms with Crippen LogP contribution in [0.5, 0.6) is 5.75 Å². The zero-order valence-corrected chi connectivity index (χ0v) is 19.0. The third kappa shape index (κ3) is 5.00. The standard InChI is InChI=1S/C24H26FN5O4/c1-3-21(31)27-18-13-16(7-9-19(18)30-11-5-4-6-14(30)2)23-28-22(29-34-23)15-8-10-20(17(25)12-15)33-24(26)32/h7-10,12-14H,3-6,11H2,1-2H3,(H2,26,32)(H,27,31). The summed E-state index contributed by atoms with van der Waals surface area (Å²) in [5.74, 6) is -0.792. The van der Waals surface area contributed by atoms with Crippen LogP contribution in [0, 0.1) is 5.82 Å². The van der Waals surface area contributed by atoms with E-state index in [0.717, 1.165) is 31.1 Å². The van der Waals surface area contributed by atoms with Crippen LogP contribution in [-0.2, 0) is 4.79 Å². The fraction of sp³-hybridized carbons (Fsp3) is 0.333. The van der Waals surface area contributed by atoms with Crippen molar-refractivity contribution >= 4 is 23.4 Å². The summed E-state index contributed by atoms with van der Waals surface area (Å²) < 4.78 is 24.2. The van der Waals surface area contributed by atoms with Crippen LogP contribution in [0.15, 0.2) is 40.9 Å². The Morgan fingerprint density at radius 3 is 2.74 bits per heavy atom. The number of hydrogen-bond acceptors (Lipinski definition) is 7. The molecule has 1 saturated heterocycles. The van der Waals surface area contributed by atoms with Gasteiger partial charge < -0.3 is 25.2 Å². The first kappa shape index (κ1) is 23.2. The number of carbonyl (C=O) groups is 2. The largest absolute Gasteiger partial charge is 0.410 e. The lowest BCUT2D eigenvalue weighted by molar-refractivity contribution is -0.115. The Bertz CT molecular complexity index is 1210. The van der Waals surface area contributed by atoms with E-state index >= 15 is 0 Å². The molecular weight excluding hydrogens is 441 g/mol. The molecule has 0 spiro atoms. The third-order valence-corrected chi connectivity index (χ3v) is 5.78. The molecule has 2 aromatic carbocycles. The second-order valence-corrected chi connectivity index (χ2v) is 8.16. The topological polar surface area (TPSA) is 124 Å². The predicted octanol–water partition coefficient (Wildman–Crippen LogP) is 4.73. The molecule has 0 bridgehead atoms. The van der Waals surface area contributed by atoms with E-state index in [1.165, 1.54) is 18.6 Å². The number of nitrogens with two attached hydrogens (primary N) is 1. The zero-order valence-electron chi connectivity index (χ0n) is 19.0. The average Bonchev–Trinajstić information content (AvgIpc) is 3.31. The van der Waals surface area contributed by atoms with Gasteiger partial charge >= 0.3 is 6.09 Å². The Kier molecular flexibility index (Phi) is 6.76. The Balaban J connectivity index is 1.65. The van der Waals surface area contributed by atoms with Gasteiger partial charge in [-0.1, -0.05) is 12.1 Å². The molecular formula is C24H26FN5O4. The van der Waals surface area contributed by atoms with Gasteiger partial charge in [0.15, 0.2) is 11.6 Å². The SMILES string of the molecule is CCC(=O)Nc1cc(-c2nc(-c3ccc(OC(N)=O)c(F)c3)no2)ccc1N1CCCCC1C. The molecule has 2 heterocycles. The molecule has 0 aliphatic carbocycles. The smallest absolute Gasteiger partial charge is 0.407 e. The van der Waals surface area contributed by atoms with E-state index in [4.69, 9.17) is 10.3 Å². The minimum Gasteiger partial charge on any atom is -0.407 e. The quantitative estimate of drug-likeness (QED) is 0.537. The van der Waals surface area contributed by atoms with Gasteiger partial charge in [-0.05, 0) is 62.6 Å². The van der Waals surface area contributed by atoms with E-state index < -0.39 is 11.9 Å². The maximum Gasteiger partial charge on any atom is 0.410 e. The van der Waals surface area contributed by atoms with E-state index in [1.54, 1.807) is 6.92 Å². The van der Waals surface area contributed by atoms with E-state index in [9.17, 15) is 14.0 Å². The van der Waals surface area contributed by atoms with Gasteiger partial charge in [-0.25, -0.2) is 9.18 Å². The molecule has 3 aromatic rings. The Morgan fingerprint density at radius 1 is 1.24 bits per heavy atom. The molecule has 178 valence electrons. The van der Waals surface area contributed by atoms with Crippen LogP contribution in [0.3, 0.4) is 0 Å². The highest BCUT2D eigenvalue weighted by Crippen LogP contribution is 2.35.